The van der Waals surface area contributed by atoms with Gasteiger partial charge in [0.15, 0.2) is 0 Å². The number of rotatable bonds is 7. The Morgan fingerprint density at radius 2 is 1.57 bits per heavy atom. The molecule has 0 heterocycles. The zero-order valence-electron chi connectivity index (χ0n) is 15.9. The summed E-state index contributed by atoms with van der Waals surface area (Å²) in [5, 5.41) is 3.61. The van der Waals surface area contributed by atoms with Crippen LogP contribution in [0.25, 0.3) is 11.3 Å². The molecule has 0 unspecified atom stereocenters. The first kappa shape index (κ1) is 19.8. The molecule has 0 aromatic heterocycles. The lowest BCUT2D eigenvalue weighted by Gasteiger charge is -2.13. The van der Waals surface area contributed by atoms with E-state index in [1.165, 1.54) is 28.0 Å². The van der Waals surface area contributed by atoms with Gasteiger partial charge < -0.3 is 14.8 Å². The summed E-state index contributed by atoms with van der Waals surface area (Å²) in [5.41, 5.74) is 6.29. The molecule has 3 aromatic carbocycles. The van der Waals surface area contributed by atoms with Gasteiger partial charge in [0.2, 0.25) is 0 Å². The minimum atomic E-state index is 0. The summed E-state index contributed by atoms with van der Waals surface area (Å²) < 4.78 is 11.2. The van der Waals surface area contributed by atoms with Crippen molar-refractivity contribution < 1.29 is 9.47 Å². The predicted molar refractivity (Wildman–Crippen MR) is 117 cm³/mol. The number of hydrogen-bond donors (Lipinski definition) is 1. The van der Waals surface area contributed by atoms with E-state index in [4.69, 9.17) is 9.47 Å². The number of fused-ring (bicyclic) bond motifs is 1. The molecule has 0 amide bonds. The standard InChI is InChI=1S/C24H23NO2.ClH/c1-26-21-12-13-22-19(16-21)17-23(18-8-4-2-5-9-18)24(22)25-14-15-27-20-10-6-3-7-11-20;/h2-13,16,25H,14-15,17H2,1H3;1H. The third kappa shape index (κ3) is 4.32. The maximum atomic E-state index is 5.83. The third-order valence-corrected chi connectivity index (χ3v) is 4.79. The second kappa shape index (κ2) is 9.34. The van der Waals surface area contributed by atoms with Crippen molar-refractivity contribution in [1.29, 1.82) is 0 Å². The fourth-order valence-corrected chi connectivity index (χ4v) is 3.48. The van der Waals surface area contributed by atoms with Gasteiger partial charge in [-0.25, -0.2) is 0 Å². The summed E-state index contributed by atoms with van der Waals surface area (Å²) in [7, 11) is 1.71. The molecule has 3 aromatic rings. The van der Waals surface area contributed by atoms with Crippen molar-refractivity contribution in [3.05, 3.63) is 95.6 Å². The van der Waals surface area contributed by atoms with Crippen LogP contribution in [0.15, 0.2) is 78.9 Å². The van der Waals surface area contributed by atoms with E-state index < -0.39 is 0 Å². The molecule has 1 N–H and O–H groups in total. The monoisotopic (exact) mass is 393 g/mol. The van der Waals surface area contributed by atoms with Gasteiger partial charge in [-0.2, -0.15) is 0 Å². The van der Waals surface area contributed by atoms with Crippen molar-refractivity contribution >= 4 is 23.7 Å². The second-order valence-corrected chi connectivity index (χ2v) is 6.51. The van der Waals surface area contributed by atoms with Gasteiger partial charge in [0.1, 0.15) is 18.1 Å². The smallest absolute Gasteiger partial charge is 0.119 e. The molecule has 0 bridgehead atoms. The average molecular weight is 394 g/mol. The fourth-order valence-electron chi connectivity index (χ4n) is 3.48. The molecule has 0 spiro atoms. The highest BCUT2D eigenvalue weighted by atomic mass is 35.5. The zero-order valence-corrected chi connectivity index (χ0v) is 16.7. The molecule has 0 aliphatic heterocycles. The lowest BCUT2D eigenvalue weighted by molar-refractivity contribution is 0.321. The predicted octanol–water partition coefficient (Wildman–Crippen LogP) is 5.21. The highest BCUT2D eigenvalue weighted by Crippen LogP contribution is 2.38. The van der Waals surface area contributed by atoms with Gasteiger partial charge in [-0.05, 0) is 47.0 Å². The van der Waals surface area contributed by atoms with Gasteiger partial charge in [0, 0.05) is 24.2 Å². The minimum Gasteiger partial charge on any atom is -0.497 e. The van der Waals surface area contributed by atoms with Crippen molar-refractivity contribution in [2.24, 2.45) is 0 Å². The molecule has 4 rings (SSSR count). The zero-order chi connectivity index (χ0) is 18.5. The van der Waals surface area contributed by atoms with Crippen molar-refractivity contribution in [2.75, 3.05) is 20.3 Å². The summed E-state index contributed by atoms with van der Waals surface area (Å²) in [4.78, 5) is 0. The highest BCUT2D eigenvalue weighted by Gasteiger charge is 2.23. The van der Waals surface area contributed by atoms with Crippen LogP contribution in [0.5, 0.6) is 11.5 Å². The van der Waals surface area contributed by atoms with E-state index in [1.807, 2.05) is 36.4 Å². The fraction of sp³-hybridized carbons (Fsp3) is 0.167. The molecular weight excluding hydrogens is 370 g/mol. The van der Waals surface area contributed by atoms with Crippen LogP contribution >= 0.6 is 12.4 Å². The van der Waals surface area contributed by atoms with Gasteiger partial charge >= 0.3 is 0 Å². The Morgan fingerprint density at radius 1 is 0.857 bits per heavy atom. The first-order valence-electron chi connectivity index (χ1n) is 9.23. The second-order valence-electron chi connectivity index (χ2n) is 6.51. The average Bonchev–Trinajstić information content (AvgIpc) is 3.10. The first-order valence-corrected chi connectivity index (χ1v) is 9.23. The topological polar surface area (TPSA) is 30.5 Å². The Labute approximate surface area is 172 Å². The van der Waals surface area contributed by atoms with Gasteiger partial charge in [0.05, 0.1) is 7.11 Å². The summed E-state index contributed by atoms with van der Waals surface area (Å²) in [6.07, 6.45) is 0.901. The number of halogens is 1. The Bertz CT molecular complexity index is 939. The molecule has 1 aliphatic carbocycles. The maximum Gasteiger partial charge on any atom is 0.119 e. The van der Waals surface area contributed by atoms with E-state index in [2.05, 4.69) is 47.8 Å². The number of methoxy groups -OCH3 is 1. The van der Waals surface area contributed by atoms with Crippen LogP contribution in [0.1, 0.15) is 16.7 Å². The number of allylic oxidation sites excluding steroid dienone is 1. The van der Waals surface area contributed by atoms with Crippen molar-refractivity contribution in [1.82, 2.24) is 5.32 Å². The molecule has 3 nitrogen and oxygen atoms in total. The Morgan fingerprint density at radius 3 is 2.29 bits per heavy atom. The number of hydrogen-bond acceptors (Lipinski definition) is 3. The van der Waals surface area contributed by atoms with Crippen LogP contribution in [0.4, 0.5) is 0 Å². The third-order valence-electron chi connectivity index (χ3n) is 4.79. The van der Waals surface area contributed by atoms with Crippen LogP contribution < -0.4 is 14.8 Å². The summed E-state index contributed by atoms with van der Waals surface area (Å²) in [6.45, 7) is 1.35. The van der Waals surface area contributed by atoms with Gasteiger partial charge in [-0.3, -0.25) is 0 Å². The summed E-state index contributed by atoms with van der Waals surface area (Å²) in [5.74, 6) is 1.79. The molecule has 1 aliphatic rings. The van der Waals surface area contributed by atoms with Gasteiger partial charge in [-0.1, -0.05) is 48.5 Å². The van der Waals surface area contributed by atoms with Crippen molar-refractivity contribution in [3.63, 3.8) is 0 Å². The summed E-state index contributed by atoms with van der Waals surface area (Å²) >= 11 is 0. The van der Waals surface area contributed by atoms with E-state index in [1.54, 1.807) is 7.11 Å². The quantitative estimate of drug-likeness (QED) is 0.559. The number of para-hydroxylation sites is 1. The molecule has 144 valence electrons. The van der Waals surface area contributed by atoms with Crippen molar-refractivity contribution in [3.8, 4) is 11.5 Å². The largest absolute Gasteiger partial charge is 0.497 e. The molecule has 0 saturated carbocycles. The molecule has 0 fully saturated rings. The summed E-state index contributed by atoms with van der Waals surface area (Å²) in [6, 6.07) is 26.8. The number of nitrogens with one attached hydrogen (secondary N) is 1. The van der Waals surface area contributed by atoms with Crippen molar-refractivity contribution in [2.45, 2.75) is 6.42 Å². The maximum absolute atomic E-state index is 5.83. The van der Waals surface area contributed by atoms with E-state index in [9.17, 15) is 0 Å². The molecule has 0 atom stereocenters. The molecule has 0 radical (unpaired) electrons. The lowest BCUT2D eigenvalue weighted by Crippen LogP contribution is -2.20. The van der Waals surface area contributed by atoms with Gasteiger partial charge in [0.25, 0.3) is 0 Å². The Hall–Kier alpha value is -2.91. The lowest BCUT2D eigenvalue weighted by atomic mass is 10.0. The highest BCUT2D eigenvalue weighted by molar-refractivity contribution is 5.96. The Kier molecular flexibility index (Phi) is 6.62. The molecule has 28 heavy (non-hydrogen) atoms. The number of ether oxygens (including phenoxy) is 2. The molecule has 4 heteroatoms. The van der Waals surface area contributed by atoms with Crippen LogP contribution in [0, 0.1) is 0 Å². The van der Waals surface area contributed by atoms with Crippen LogP contribution in [-0.2, 0) is 6.42 Å². The van der Waals surface area contributed by atoms with Gasteiger partial charge in [-0.15, -0.1) is 12.4 Å². The number of benzene rings is 3. The normalized spacial score (nSPS) is 12.2. The van der Waals surface area contributed by atoms with E-state index in [0.717, 1.165) is 24.5 Å². The minimum absolute atomic E-state index is 0. The van der Waals surface area contributed by atoms with Crippen LogP contribution in [0.2, 0.25) is 0 Å². The van der Waals surface area contributed by atoms with Crippen LogP contribution in [0.3, 0.4) is 0 Å². The van der Waals surface area contributed by atoms with E-state index in [0.29, 0.717) is 6.61 Å². The van der Waals surface area contributed by atoms with Crippen LogP contribution in [-0.4, -0.2) is 20.3 Å². The SMILES string of the molecule is COc1ccc2c(c1)CC(c1ccccc1)=C2NCCOc1ccccc1.Cl. The van der Waals surface area contributed by atoms with E-state index >= 15 is 0 Å². The van der Waals surface area contributed by atoms with E-state index in [-0.39, 0.29) is 12.4 Å². The Balaban J connectivity index is 0.00000225. The first-order chi connectivity index (χ1) is 13.3. The molecular formula is C24H24ClNO2. The molecule has 0 saturated heterocycles.